The van der Waals surface area contributed by atoms with Crippen LogP contribution >= 0.6 is 0 Å². The van der Waals surface area contributed by atoms with Crippen molar-refractivity contribution < 1.29 is 23.8 Å². The quantitative estimate of drug-likeness (QED) is 0.170. The number of rotatable bonds is 11. The van der Waals surface area contributed by atoms with Crippen molar-refractivity contribution in [2.45, 2.75) is 19.6 Å². The Hall–Kier alpha value is -5.34. The van der Waals surface area contributed by atoms with Gasteiger partial charge in [0.2, 0.25) is 5.88 Å². The molecule has 0 atom stereocenters. The molecule has 6 aromatic rings. The van der Waals surface area contributed by atoms with Gasteiger partial charge in [-0.15, -0.1) is 0 Å². The molecule has 6 rings (SSSR count). The molecule has 0 radical (unpaired) electrons. The van der Waals surface area contributed by atoms with Crippen LogP contribution in [0.4, 0.5) is 4.39 Å². The van der Waals surface area contributed by atoms with Crippen LogP contribution in [0.3, 0.4) is 0 Å². The van der Waals surface area contributed by atoms with Crippen molar-refractivity contribution in [1.82, 2.24) is 14.5 Å². The highest BCUT2D eigenvalue weighted by atomic mass is 19.1. The van der Waals surface area contributed by atoms with E-state index in [1.807, 2.05) is 53.1 Å². The number of carbonyl (C=O) groups is 1. The van der Waals surface area contributed by atoms with Crippen LogP contribution in [0.2, 0.25) is 0 Å². The first-order chi connectivity index (χ1) is 21.5. The van der Waals surface area contributed by atoms with Crippen LogP contribution in [-0.2, 0) is 24.3 Å². The predicted octanol–water partition coefficient (Wildman–Crippen LogP) is 7.42. The number of benzene rings is 4. The van der Waals surface area contributed by atoms with Gasteiger partial charge in [0.25, 0.3) is 0 Å². The number of halogens is 1. The molecule has 0 aliphatic carbocycles. The van der Waals surface area contributed by atoms with Gasteiger partial charge in [-0.25, -0.2) is 19.2 Å². The van der Waals surface area contributed by atoms with Gasteiger partial charge in [-0.3, -0.25) is 0 Å². The van der Waals surface area contributed by atoms with Crippen molar-refractivity contribution in [2.75, 3.05) is 13.7 Å². The molecule has 0 saturated heterocycles. The molecule has 0 unspecified atom stereocenters. The molecule has 8 heteroatoms. The van der Waals surface area contributed by atoms with E-state index in [-0.39, 0.29) is 17.8 Å². The minimum atomic E-state index is -1.02. The topological polar surface area (TPSA) is 86.5 Å². The van der Waals surface area contributed by atoms with Crippen molar-refractivity contribution in [3.63, 3.8) is 0 Å². The molecule has 2 aromatic heterocycles. The number of aromatic carboxylic acids is 1. The third-order valence-corrected chi connectivity index (χ3v) is 7.44. The molecule has 2 heterocycles. The molecule has 0 aliphatic rings. The van der Waals surface area contributed by atoms with Crippen molar-refractivity contribution >= 4 is 17.0 Å². The largest absolute Gasteiger partial charge is 0.478 e. The maximum atomic E-state index is 15.5. The summed E-state index contributed by atoms with van der Waals surface area (Å²) in [5, 5.41) is 9.44. The van der Waals surface area contributed by atoms with Crippen LogP contribution < -0.4 is 4.74 Å². The van der Waals surface area contributed by atoms with Gasteiger partial charge in [-0.1, -0.05) is 66.7 Å². The fourth-order valence-corrected chi connectivity index (χ4v) is 5.18. The van der Waals surface area contributed by atoms with Crippen LogP contribution in [-0.4, -0.2) is 39.3 Å². The van der Waals surface area contributed by atoms with E-state index in [4.69, 9.17) is 9.47 Å². The lowest BCUT2D eigenvalue weighted by Gasteiger charge is -2.11. The number of ether oxygens (including phenoxy) is 2. The lowest BCUT2D eigenvalue weighted by Crippen LogP contribution is -2.10. The second-order valence-corrected chi connectivity index (χ2v) is 10.4. The Bertz CT molecular complexity index is 1940. The highest BCUT2D eigenvalue weighted by Crippen LogP contribution is 2.26. The molecular formula is C36H30FN3O4. The third kappa shape index (κ3) is 6.35. The van der Waals surface area contributed by atoms with Gasteiger partial charge in [0, 0.05) is 31.7 Å². The van der Waals surface area contributed by atoms with Crippen LogP contribution in [0.25, 0.3) is 33.4 Å². The smallest absolute Gasteiger partial charge is 0.335 e. The fourth-order valence-electron chi connectivity index (χ4n) is 5.18. The summed E-state index contributed by atoms with van der Waals surface area (Å²) in [6.45, 7) is 1.21. The van der Waals surface area contributed by atoms with Gasteiger partial charge in [-0.05, 0) is 58.7 Å². The lowest BCUT2D eigenvalue weighted by molar-refractivity contribution is 0.0697. The molecule has 0 amide bonds. The molecular weight excluding hydrogens is 557 g/mol. The first kappa shape index (κ1) is 28.8. The molecule has 0 spiro atoms. The highest BCUT2D eigenvalue weighted by Gasteiger charge is 2.16. The van der Waals surface area contributed by atoms with E-state index in [1.165, 1.54) is 12.1 Å². The van der Waals surface area contributed by atoms with Gasteiger partial charge in [0.15, 0.2) is 0 Å². The van der Waals surface area contributed by atoms with Gasteiger partial charge in [-0.2, -0.15) is 0 Å². The summed E-state index contributed by atoms with van der Waals surface area (Å²) < 4.78 is 28.6. The highest BCUT2D eigenvalue weighted by molar-refractivity contribution is 5.92. The minimum absolute atomic E-state index is 0.164. The van der Waals surface area contributed by atoms with Crippen LogP contribution in [0.15, 0.2) is 109 Å². The molecule has 0 fully saturated rings. The Kier molecular flexibility index (Phi) is 8.43. The maximum absolute atomic E-state index is 15.5. The van der Waals surface area contributed by atoms with Crippen molar-refractivity contribution in [3.8, 4) is 28.3 Å². The van der Waals surface area contributed by atoms with Crippen LogP contribution in [0, 0.1) is 5.82 Å². The van der Waals surface area contributed by atoms with Gasteiger partial charge in [0.1, 0.15) is 18.2 Å². The molecule has 220 valence electrons. The molecule has 44 heavy (non-hydrogen) atoms. The summed E-state index contributed by atoms with van der Waals surface area (Å²) in [4.78, 5) is 20.8. The second-order valence-electron chi connectivity index (χ2n) is 10.4. The van der Waals surface area contributed by atoms with E-state index in [1.54, 1.807) is 31.4 Å². The summed E-state index contributed by atoms with van der Waals surface area (Å²) >= 11 is 0. The number of hydrogen-bond donors (Lipinski definition) is 1. The second kappa shape index (κ2) is 12.9. The summed E-state index contributed by atoms with van der Waals surface area (Å²) in [6, 6.07) is 33.6. The predicted molar refractivity (Wildman–Crippen MR) is 167 cm³/mol. The van der Waals surface area contributed by atoms with Gasteiger partial charge >= 0.3 is 5.97 Å². The van der Waals surface area contributed by atoms with E-state index in [0.717, 1.165) is 16.7 Å². The average molecular weight is 588 g/mol. The Morgan fingerprint density at radius 1 is 0.841 bits per heavy atom. The van der Waals surface area contributed by atoms with Crippen molar-refractivity contribution in [3.05, 3.63) is 138 Å². The van der Waals surface area contributed by atoms with Crippen molar-refractivity contribution in [1.29, 1.82) is 0 Å². The summed E-state index contributed by atoms with van der Waals surface area (Å²) in [5.41, 5.74) is 6.44. The zero-order valence-corrected chi connectivity index (χ0v) is 24.1. The number of imidazole rings is 1. The van der Waals surface area contributed by atoms with Gasteiger partial charge in [0.05, 0.1) is 28.9 Å². The van der Waals surface area contributed by atoms with Crippen LogP contribution in [0.1, 0.15) is 27.3 Å². The number of fused-ring (bicyclic) bond motifs is 1. The molecule has 7 nitrogen and oxygen atoms in total. The summed E-state index contributed by atoms with van der Waals surface area (Å²) in [7, 11) is 1.59. The number of nitrogens with zero attached hydrogens (tertiary/aromatic N) is 3. The first-order valence-electron chi connectivity index (χ1n) is 14.2. The monoisotopic (exact) mass is 587 g/mol. The SMILES string of the molecule is COCCn1c(Cc2ccc(-c3cccc(OCc4cccc(-c5ccccc5)c4)n3)cc2F)nc2ccc(C(=O)O)cc21. The average Bonchev–Trinajstić information content (AvgIpc) is 3.40. The normalized spacial score (nSPS) is 11.1. The van der Waals surface area contributed by atoms with E-state index < -0.39 is 5.97 Å². The number of aromatic nitrogens is 3. The Morgan fingerprint density at radius 3 is 2.45 bits per heavy atom. The van der Waals surface area contributed by atoms with E-state index in [0.29, 0.717) is 59.3 Å². The van der Waals surface area contributed by atoms with Crippen molar-refractivity contribution in [2.24, 2.45) is 0 Å². The standard InChI is InChI=1S/C36H30FN3O4/c1-43-18-17-40-33-21-29(36(41)42)15-16-32(33)38-34(40)22-27-13-14-28(20-30(27)37)31-11-6-12-35(39-31)44-23-24-7-5-10-26(19-24)25-8-3-2-4-9-25/h2-16,19-21H,17-18,22-23H2,1H3,(H,41,42). The van der Waals surface area contributed by atoms with Gasteiger partial charge < -0.3 is 19.1 Å². The fraction of sp³-hybridized carbons (Fsp3) is 0.139. The molecule has 0 aliphatic heterocycles. The van der Waals surface area contributed by atoms with E-state index >= 15 is 4.39 Å². The number of carboxylic acid groups (broad SMARTS) is 1. The zero-order valence-electron chi connectivity index (χ0n) is 24.1. The number of pyridine rings is 1. The molecule has 4 aromatic carbocycles. The molecule has 0 bridgehead atoms. The Labute approximate surface area is 254 Å². The van der Waals surface area contributed by atoms with Crippen LogP contribution in [0.5, 0.6) is 5.88 Å². The summed E-state index contributed by atoms with van der Waals surface area (Å²) in [6.07, 6.45) is 0.228. The minimum Gasteiger partial charge on any atom is -0.478 e. The number of hydrogen-bond acceptors (Lipinski definition) is 5. The van der Waals surface area contributed by atoms with E-state index in [9.17, 15) is 9.90 Å². The Morgan fingerprint density at radius 2 is 1.66 bits per heavy atom. The number of carboxylic acids is 1. The zero-order chi connectivity index (χ0) is 30.5. The first-order valence-corrected chi connectivity index (χ1v) is 14.2. The maximum Gasteiger partial charge on any atom is 0.335 e. The number of methoxy groups -OCH3 is 1. The molecule has 0 saturated carbocycles. The Balaban J connectivity index is 1.19. The third-order valence-electron chi connectivity index (χ3n) is 7.44. The summed E-state index contributed by atoms with van der Waals surface area (Å²) in [5.74, 6) is -0.333. The lowest BCUT2D eigenvalue weighted by atomic mass is 10.0. The molecule has 1 N–H and O–H groups in total. The van der Waals surface area contributed by atoms with E-state index in [2.05, 4.69) is 34.2 Å².